The van der Waals surface area contributed by atoms with Crippen molar-refractivity contribution in [3.05, 3.63) is 28.0 Å². The molecule has 0 spiro atoms. The Morgan fingerprint density at radius 1 is 1.07 bits per heavy atom. The van der Waals surface area contributed by atoms with E-state index in [2.05, 4.69) is 10.2 Å². The SMILES string of the molecule is FC(F)C(F)n1c(I)cc2c(NC3CCN(C4CCOCC4)CC3)cccc21. The van der Waals surface area contributed by atoms with E-state index in [1.165, 1.54) is 0 Å². The van der Waals surface area contributed by atoms with Crippen molar-refractivity contribution in [2.75, 3.05) is 31.6 Å². The number of fused-ring (bicyclic) bond motifs is 1. The molecule has 0 saturated carbocycles. The first-order valence-corrected chi connectivity index (χ1v) is 10.9. The van der Waals surface area contributed by atoms with E-state index in [0.717, 1.165) is 67.6 Å². The molecule has 3 heterocycles. The Balaban J connectivity index is 1.46. The summed E-state index contributed by atoms with van der Waals surface area (Å²) in [6.07, 6.45) is -1.09. The molecule has 2 aliphatic rings. The summed E-state index contributed by atoms with van der Waals surface area (Å²) in [6.45, 7) is 3.81. The highest BCUT2D eigenvalue weighted by Gasteiger charge is 2.28. The molecule has 1 unspecified atom stereocenters. The van der Waals surface area contributed by atoms with Crippen LogP contribution in [0.1, 0.15) is 32.0 Å². The van der Waals surface area contributed by atoms with Gasteiger partial charge >= 0.3 is 0 Å². The lowest BCUT2D eigenvalue weighted by molar-refractivity contribution is 0.00930. The predicted molar refractivity (Wildman–Crippen MR) is 113 cm³/mol. The number of nitrogens with zero attached hydrogens (tertiary/aromatic N) is 2. The van der Waals surface area contributed by atoms with Gasteiger partial charge in [0.1, 0.15) is 0 Å². The monoisotopic (exact) mass is 507 g/mol. The van der Waals surface area contributed by atoms with E-state index in [1.54, 1.807) is 18.2 Å². The number of anilines is 1. The van der Waals surface area contributed by atoms with Crippen LogP contribution in [0.25, 0.3) is 10.9 Å². The largest absolute Gasteiger partial charge is 0.382 e. The molecule has 2 saturated heterocycles. The molecule has 4 nitrogen and oxygen atoms in total. The van der Waals surface area contributed by atoms with Gasteiger partial charge in [-0.15, -0.1) is 0 Å². The van der Waals surface area contributed by atoms with Gasteiger partial charge in [0.15, 0.2) is 0 Å². The highest BCUT2D eigenvalue weighted by atomic mass is 127. The van der Waals surface area contributed by atoms with Gasteiger partial charge in [0, 0.05) is 49.5 Å². The summed E-state index contributed by atoms with van der Waals surface area (Å²) in [5, 5.41) is 4.37. The minimum absolute atomic E-state index is 0.332. The first kappa shape index (κ1) is 20.3. The number of halogens is 4. The number of nitrogens with one attached hydrogen (secondary N) is 1. The Morgan fingerprint density at radius 3 is 2.46 bits per heavy atom. The molecular weight excluding hydrogens is 482 g/mol. The van der Waals surface area contributed by atoms with Crippen molar-refractivity contribution in [2.45, 2.75) is 50.5 Å². The minimum Gasteiger partial charge on any atom is -0.382 e. The van der Waals surface area contributed by atoms with Gasteiger partial charge in [-0.3, -0.25) is 0 Å². The first-order valence-electron chi connectivity index (χ1n) is 9.84. The van der Waals surface area contributed by atoms with Gasteiger partial charge in [0.25, 0.3) is 6.43 Å². The third kappa shape index (κ3) is 4.14. The summed E-state index contributed by atoms with van der Waals surface area (Å²) in [4.78, 5) is 2.57. The second-order valence-corrected chi connectivity index (χ2v) is 8.69. The Bertz CT molecular complexity index is 801. The molecule has 1 N–H and O–H groups in total. The fourth-order valence-electron chi connectivity index (χ4n) is 4.39. The van der Waals surface area contributed by atoms with E-state index in [-0.39, 0.29) is 0 Å². The fraction of sp³-hybridized carbons (Fsp3) is 0.600. The molecule has 0 amide bonds. The summed E-state index contributed by atoms with van der Waals surface area (Å²) < 4.78 is 47.0. The standard InChI is InChI=1S/C20H25F3IN3O/c21-19(22)20(23)27-17-3-1-2-16(15(17)12-18(27)24)25-13-4-8-26(9-5-13)14-6-10-28-11-7-14/h1-3,12-14,19-20,25H,4-11H2. The predicted octanol–water partition coefficient (Wildman–Crippen LogP) is 5.03. The number of hydrogen-bond acceptors (Lipinski definition) is 3. The number of hydrogen-bond donors (Lipinski definition) is 1. The molecule has 2 aromatic rings. The molecule has 4 rings (SSSR count). The number of ether oxygens (including phenoxy) is 1. The van der Waals surface area contributed by atoms with Crippen LogP contribution in [0.2, 0.25) is 0 Å². The molecule has 1 aromatic heterocycles. The van der Waals surface area contributed by atoms with E-state index < -0.39 is 12.7 Å². The smallest absolute Gasteiger partial charge is 0.288 e. The second-order valence-electron chi connectivity index (χ2n) is 7.58. The lowest BCUT2D eigenvalue weighted by Gasteiger charge is -2.39. The number of likely N-dealkylation sites (tertiary alicyclic amines) is 1. The molecule has 0 radical (unpaired) electrons. The van der Waals surface area contributed by atoms with Gasteiger partial charge in [-0.25, -0.2) is 13.2 Å². The van der Waals surface area contributed by atoms with Gasteiger partial charge in [0.05, 0.1) is 9.22 Å². The van der Waals surface area contributed by atoms with E-state index in [9.17, 15) is 13.2 Å². The lowest BCUT2D eigenvalue weighted by Crippen LogP contribution is -2.46. The maximum Gasteiger partial charge on any atom is 0.288 e. The lowest BCUT2D eigenvalue weighted by atomic mass is 9.99. The maximum absolute atomic E-state index is 14.1. The molecule has 1 aromatic carbocycles. The molecule has 0 bridgehead atoms. The number of alkyl halides is 3. The zero-order valence-corrected chi connectivity index (χ0v) is 17.7. The number of aromatic nitrogens is 1. The zero-order valence-electron chi connectivity index (χ0n) is 15.6. The molecule has 1 atom stereocenters. The third-order valence-corrected chi connectivity index (χ3v) is 6.72. The summed E-state index contributed by atoms with van der Waals surface area (Å²) in [6, 6.07) is 8.19. The van der Waals surface area contributed by atoms with Crippen molar-refractivity contribution in [1.29, 1.82) is 0 Å². The maximum atomic E-state index is 14.1. The molecule has 2 aliphatic heterocycles. The fourth-order valence-corrected chi connectivity index (χ4v) is 5.22. The van der Waals surface area contributed by atoms with Crippen LogP contribution < -0.4 is 5.32 Å². The normalized spacial score (nSPS) is 21.5. The highest BCUT2D eigenvalue weighted by molar-refractivity contribution is 14.1. The van der Waals surface area contributed by atoms with Gasteiger partial charge in [-0.2, -0.15) is 0 Å². The Morgan fingerprint density at radius 2 is 1.79 bits per heavy atom. The summed E-state index contributed by atoms with van der Waals surface area (Å²) >= 11 is 1.92. The van der Waals surface area contributed by atoms with Gasteiger partial charge in [-0.05, 0) is 66.5 Å². The van der Waals surface area contributed by atoms with Crippen LogP contribution in [0.5, 0.6) is 0 Å². The number of rotatable bonds is 5. The van der Waals surface area contributed by atoms with Crippen molar-refractivity contribution in [1.82, 2.24) is 9.47 Å². The van der Waals surface area contributed by atoms with Crippen LogP contribution in [0, 0.1) is 3.70 Å². The van der Waals surface area contributed by atoms with Gasteiger partial charge in [-0.1, -0.05) is 6.07 Å². The third-order valence-electron chi connectivity index (χ3n) is 5.89. The Kier molecular flexibility index (Phi) is 6.37. The summed E-state index contributed by atoms with van der Waals surface area (Å²) in [5.41, 5.74) is 1.39. The van der Waals surface area contributed by atoms with Gasteiger partial charge < -0.3 is 19.5 Å². The van der Waals surface area contributed by atoms with Crippen LogP contribution in [0.15, 0.2) is 24.3 Å². The molecule has 28 heavy (non-hydrogen) atoms. The summed E-state index contributed by atoms with van der Waals surface area (Å²) in [5.74, 6) is 0. The van der Waals surface area contributed by atoms with E-state index >= 15 is 0 Å². The van der Waals surface area contributed by atoms with Crippen LogP contribution in [0.3, 0.4) is 0 Å². The van der Waals surface area contributed by atoms with Crippen molar-refractivity contribution in [3.63, 3.8) is 0 Å². The highest BCUT2D eigenvalue weighted by Crippen LogP contribution is 2.34. The average Bonchev–Trinajstić information content (AvgIpc) is 3.05. The van der Waals surface area contributed by atoms with Crippen LogP contribution in [0.4, 0.5) is 18.9 Å². The van der Waals surface area contributed by atoms with E-state index in [0.29, 0.717) is 21.3 Å². The quantitative estimate of drug-likeness (QED) is 0.576. The average molecular weight is 507 g/mol. The molecule has 154 valence electrons. The molecular formula is C20H25F3IN3O. The Labute approximate surface area is 176 Å². The van der Waals surface area contributed by atoms with E-state index in [4.69, 9.17) is 4.74 Å². The van der Waals surface area contributed by atoms with Crippen molar-refractivity contribution in [2.24, 2.45) is 0 Å². The Hall–Kier alpha value is -1.00. The second kappa shape index (κ2) is 8.79. The molecule has 2 fully saturated rings. The van der Waals surface area contributed by atoms with Crippen molar-refractivity contribution in [3.8, 4) is 0 Å². The number of benzene rings is 1. The van der Waals surface area contributed by atoms with Crippen molar-refractivity contribution < 1.29 is 17.9 Å². The van der Waals surface area contributed by atoms with Crippen molar-refractivity contribution >= 4 is 39.2 Å². The number of piperidine rings is 1. The van der Waals surface area contributed by atoms with Crippen LogP contribution in [-0.2, 0) is 4.74 Å². The topological polar surface area (TPSA) is 29.4 Å². The van der Waals surface area contributed by atoms with Crippen LogP contribution in [-0.4, -0.2) is 54.3 Å². The minimum atomic E-state index is -3.05. The van der Waals surface area contributed by atoms with Crippen LogP contribution >= 0.6 is 22.6 Å². The first-order chi connectivity index (χ1) is 13.5. The van der Waals surface area contributed by atoms with E-state index in [1.807, 2.05) is 28.7 Å². The summed E-state index contributed by atoms with van der Waals surface area (Å²) in [7, 11) is 0. The zero-order chi connectivity index (χ0) is 19.7. The molecule has 0 aliphatic carbocycles. The van der Waals surface area contributed by atoms with Gasteiger partial charge in [0.2, 0.25) is 6.30 Å². The molecule has 8 heteroatoms.